The molecule has 0 radical (unpaired) electrons. The molecule has 288 valence electrons. The van der Waals surface area contributed by atoms with Gasteiger partial charge in [0.2, 0.25) is 6.29 Å². The molecule has 2 fully saturated rings. The van der Waals surface area contributed by atoms with Crippen LogP contribution in [0.25, 0.3) is 0 Å². The highest BCUT2D eigenvalue weighted by molar-refractivity contribution is 8.08. The Morgan fingerprint density at radius 3 is 2.06 bits per heavy atom. The molecule has 1 aromatic rings. The van der Waals surface area contributed by atoms with Gasteiger partial charge in [-0.05, 0) is 17.2 Å². The minimum Gasteiger partial charge on any atom is -0.463 e. The fraction of sp³-hybridized carbons (Fsp3) is 0.640. The molecular formula is C25H35FN2O19P2S2. The van der Waals surface area contributed by atoms with Crippen LogP contribution < -0.4 is 11.5 Å². The molecule has 0 bridgehead atoms. The smallest absolute Gasteiger partial charge is 0.463 e. The first-order valence-electron chi connectivity index (χ1n) is 14.4. The molecule has 7 unspecified atom stereocenters. The van der Waals surface area contributed by atoms with Gasteiger partial charge in [0.15, 0.2) is 24.5 Å². The Kier molecular flexibility index (Phi) is 14.6. The lowest BCUT2D eigenvalue weighted by molar-refractivity contribution is -0.296. The summed E-state index contributed by atoms with van der Waals surface area (Å²) in [4.78, 5) is 79.9. The summed E-state index contributed by atoms with van der Waals surface area (Å²) < 4.78 is 74.1. The number of alkyl halides is 1. The molecular weight excluding hydrogens is 777 g/mol. The summed E-state index contributed by atoms with van der Waals surface area (Å²) in [5, 5.41) is 22.4. The maximum atomic E-state index is 15.4. The van der Waals surface area contributed by atoms with Crippen molar-refractivity contribution in [3.05, 3.63) is 15.8 Å². The Morgan fingerprint density at radius 1 is 0.961 bits per heavy atom. The number of phosphoric ester groups is 1. The molecule has 2 aliphatic rings. The number of ether oxygens (including phenoxy) is 6. The van der Waals surface area contributed by atoms with Gasteiger partial charge in [-0.1, -0.05) is 0 Å². The zero-order chi connectivity index (χ0) is 38.6. The van der Waals surface area contributed by atoms with Crippen LogP contribution in [0.3, 0.4) is 0 Å². The number of hydrogen-bond acceptors (Lipinski definition) is 20. The van der Waals surface area contributed by atoms with Crippen LogP contribution in [0.4, 0.5) is 10.1 Å². The Balaban J connectivity index is 1.82. The van der Waals surface area contributed by atoms with E-state index in [0.717, 1.165) is 39.0 Å². The lowest BCUT2D eigenvalue weighted by atomic mass is 9.95. The highest BCUT2D eigenvalue weighted by Crippen LogP contribution is 2.62. The number of esters is 4. The largest absolute Gasteiger partial charge is 0.481 e. The molecule has 1 aromatic heterocycles. The van der Waals surface area contributed by atoms with Gasteiger partial charge in [0, 0.05) is 33.3 Å². The van der Waals surface area contributed by atoms with E-state index in [1.54, 1.807) is 0 Å². The lowest BCUT2D eigenvalue weighted by Crippen LogP contribution is -2.64. The maximum Gasteiger partial charge on any atom is 0.481 e. The van der Waals surface area contributed by atoms with Crippen molar-refractivity contribution in [3.63, 3.8) is 0 Å². The van der Waals surface area contributed by atoms with Crippen molar-refractivity contribution in [2.45, 2.75) is 89.0 Å². The van der Waals surface area contributed by atoms with Crippen LogP contribution in [0.2, 0.25) is 0 Å². The van der Waals surface area contributed by atoms with E-state index in [9.17, 15) is 48.5 Å². The molecule has 26 heteroatoms. The van der Waals surface area contributed by atoms with E-state index in [1.807, 2.05) is 0 Å². The lowest BCUT2D eigenvalue weighted by Gasteiger charge is -2.44. The molecule has 51 heavy (non-hydrogen) atoms. The van der Waals surface area contributed by atoms with Gasteiger partial charge in [-0.2, -0.15) is 0 Å². The number of halogens is 1. The summed E-state index contributed by atoms with van der Waals surface area (Å²) in [7, 11) is -5.73. The van der Waals surface area contributed by atoms with E-state index < -0.39 is 119 Å². The van der Waals surface area contributed by atoms with Gasteiger partial charge in [-0.15, -0.1) is 11.3 Å². The third-order valence-electron chi connectivity index (χ3n) is 6.84. The number of aliphatic hydroxyl groups is 2. The van der Waals surface area contributed by atoms with Crippen molar-refractivity contribution in [2.75, 3.05) is 18.9 Å². The topological polar surface area (TPSA) is 318 Å². The van der Waals surface area contributed by atoms with Crippen LogP contribution in [0.1, 0.15) is 49.0 Å². The first kappa shape index (κ1) is 42.7. The number of thiophene rings is 1. The van der Waals surface area contributed by atoms with Crippen molar-refractivity contribution in [2.24, 2.45) is 5.73 Å². The number of anilines is 1. The quantitative estimate of drug-likeness (QED) is 0.0730. The average Bonchev–Trinajstić information content (AvgIpc) is 3.50. The second-order valence-corrected chi connectivity index (χ2v) is 16.1. The number of aliphatic hydroxyl groups excluding tert-OH is 2. The standard InChI is InChI=1S/C25H35FN2O19P2S2/c1-8(29)39-5-13(26)19-20(41-9(2)30)21(42-10(3)31)22(43-11(4)32)25(45-19)46-48(36,37)47-49(38,50)40-6-14-16(33)17(34)18(44-14)12-7-51-23(15(12)27)24(28)35/h7,13-14,16-22,25,33-34H,5-6,27H2,1-4H3,(H2,28,35)(H,36,37)(H,38,50)/t13-,14+,16?,17?,18-,19?,20+,21?,22?,25-,49?/m0/s1. The summed E-state index contributed by atoms with van der Waals surface area (Å²) in [6.45, 7) is -3.20. The zero-order valence-corrected chi connectivity index (χ0v) is 30.3. The molecule has 2 saturated heterocycles. The van der Waals surface area contributed by atoms with Crippen molar-refractivity contribution in [3.8, 4) is 0 Å². The van der Waals surface area contributed by atoms with Crippen LogP contribution in [-0.4, -0.2) is 118 Å². The molecule has 0 spiro atoms. The number of nitrogen functional groups attached to an aromatic ring is 1. The molecule has 0 aromatic carbocycles. The third-order valence-corrected chi connectivity index (χ3v) is 11.4. The molecule has 8 N–H and O–H groups in total. The molecule has 0 aliphatic carbocycles. The van der Waals surface area contributed by atoms with Gasteiger partial charge in [0.1, 0.15) is 42.0 Å². The second-order valence-electron chi connectivity index (χ2n) is 10.8. The molecule has 3 rings (SSSR count). The van der Waals surface area contributed by atoms with Crippen LogP contribution >= 0.6 is 25.9 Å². The highest BCUT2D eigenvalue weighted by Gasteiger charge is 2.57. The van der Waals surface area contributed by atoms with Gasteiger partial charge in [0.25, 0.3) is 5.91 Å². The van der Waals surface area contributed by atoms with Crippen LogP contribution in [0, 0.1) is 0 Å². The van der Waals surface area contributed by atoms with Gasteiger partial charge < -0.3 is 64.4 Å². The van der Waals surface area contributed by atoms with Crippen molar-refractivity contribution >= 4 is 73.2 Å². The number of nitrogens with two attached hydrogens (primary N) is 2. The van der Waals surface area contributed by atoms with Crippen LogP contribution in [0.5, 0.6) is 0 Å². The van der Waals surface area contributed by atoms with Gasteiger partial charge in [-0.25, -0.2) is 13.3 Å². The van der Waals surface area contributed by atoms with Gasteiger partial charge in [0.05, 0.1) is 12.3 Å². The number of carbonyl (C=O) groups is 5. The number of amides is 1. The highest BCUT2D eigenvalue weighted by atomic mass is 32.5. The van der Waals surface area contributed by atoms with E-state index in [1.165, 1.54) is 5.38 Å². The van der Waals surface area contributed by atoms with E-state index in [-0.39, 0.29) is 16.1 Å². The monoisotopic (exact) mass is 812 g/mol. The van der Waals surface area contributed by atoms with Crippen LogP contribution in [0.15, 0.2) is 5.38 Å². The Hall–Kier alpha value is -2.70. The minimum absolute atomic E-state index is 0.0374. The fourth-order valence-electron chi connectivity index (χ4n) is 4.88. The Bertz CT molecular complexity index is 1580. The summed E-state index contributed by atoms with van der Waals surface area (Å²) in [5.74, 6) is -5.07. The predicted molar refractivity (Wildman–Crippen MR) is 168 cm³/mol. The number of carbonyl (C=O) groups excluding carboxylic acids is 5. The number of phosphoric acid groups is 1. The number of hydrogen-bond donors (Lipinski definition) is 6. The maximum absolute atomic E-state index is 15.4. The first-order valence-corrected chi connectivity index (χ1v) is 19.3. The number of rotatable bonds is 15. The molecule has 12 atom stereocenters. The van der Waals surface area contributed by atoms with E-state index in [0.29, 0.717) is 0 Å². The summed E-state index contributed by atoms with van der Waals surface area (Å²) >= 11 is 5.64. The minimum atomic E-state index is -5.73. The normalized spacial score (nSPS) is 30.6. The summed E-state index contributed by atoms with van der Waals surface area (Å²) in [6, 6.07) is 0. The fourth-order valence-corrected chi connectivity index (χ4v) is 8.84. The third kappa shape index (κ3) is 11.4. The molecule has 0 saturated carbocycles. The predicted octanol–water partition coefficient (Wildman–Crippen LogP) is -0.621. The van der Waals surface area contributed by atoms with E-state index in [4.69, 9.17) is 56.0 Å². The van der Waals surface area contributed by atoms with Gasteiger partial charge >= 0.3 is 38.4 Å². The average molecular weight is 813 g/mol. The molecule has 1 amide bonds. The summed E-state index contributed by atoms with van der Waals surface area (Å²) in [5.41, 5.74) is 11.2. The summed E-state index contributed by atoms with van der Waals surface area (Å²) in [6.07, 6.45) is -19.0. The van der Waals surface area contributed by atoms with Gasteiger partial charge in [-0.3, -0.25) is 28.5 Å². The van der Waals surface area contributed by atoms with Crippen molar-refractivity contribution in [1.82, 2.24) is 0 Å². The molecule has 2 aliphatic heterocycles. The van der Waals surface area contributed by atoms with E-state index in [2.05, 4.69) is 9.05 Å². The Morgan fingerprint density at radius 2 is 1.53 bits per heavy atom. The molecule has 3 heterocycles. The Labute approximate surface area is 297 Å². The van der Waals surface area contributed by atoms with Crippen LogP contribution in [-0.2, 0) is 77.3 Å². The number of primary amides is 1. The SMILES string of the molecule is CC(=O)OC[C@H](F)C1O[C@@H](OP(=O)(O)OP(O)(=S)OC[C@H]2O[C@@H](c3csc(C(N)=O)c3N)C(O)C2O)C(OC(C)=O)C(OC(C)=O)[C@@H]1OC(C)=O. The zero-order valence-electron chi connectivity index (χ0n) is 26.9. The van der Waals surface area contributed by atoms with E-state index >= 15 is 4.39 Å². The molecule has 21 nitrogen and oxygen atoms in total. The van der Waals surface area contributed by atoms with Crippen molar-refractivity contribution < 1.29 is 94.7 Å². The first-order chi connectivity index (χ1) is 23.5. The second kappa shape index (κ2) is 17.4. The van der Waals surface area contributed by atoms with Crippen molar-refractivity contribution in [1.29, 1.82) is 0 Å².